The molecule has 3 N–H and O–H groups in total. The fourth-order valence-corrected chi connectivity index (χ4v) is 2.85. The molecule has 1 fully saturated rings. The Labute approximate surface area is 125 Å². The van der Waals surface area contributed by atoms with E-state index in [0.717, 1.165) is 37.7 Å². The van der Waals surface area contributed by atoms with Gasteiger partial charge < -0.3 is 16.0 Å². The molecule has 1 aliphatic heterocycles. The van der Waals surface area contributed by atoms with Gasteiger partial charge in [-0.25, -0.2) is 0 Å². The predicted octanol–water partition coefficient (Wildman–Crippen LogP) is 2.48. The van der Waals surface area contributed by atoms with Crippen LogP contribution < -0.4 is 16.0 Å². The van der Waals surface area contributed by atoms with Crippen molar-refractivity contribution in [2.75, 3.05) is 35.6 Å². The van der Waals surface area contributed by atoms with Gasteiger partial charge in [-0.3, -0.25) is 0 Å². The fourth-order valence-electron chi connectivity index (χ4n) is 2.85. The van der Waals surface area contributed by atoms with Crippen LogP contribution in [0.5, 0.6) is 0 Å². The second-order valence-corrected chi connectivity index (χ2v) is 5.34. The number of nitrogens with zero attached hydrogens (tertiary/aromatic N) is 3. The Hall–Kier alpha value is -2.30. The van der Waals surface area contributed by atoms with Crippen molar-refractivity contribution in [2.24, 2.45) is 0 Å². The van der Waals surface area contributed by atoms with Crippen molar-refractivity contribution in [3.8, 4) is 0 Å². The summed E-state index contributed by atoms with van der Waals surface area (Å²) >= 11 is 0. The number of nitrogens with two attached hydrogens (primary N) is 1. The van der Waals surface area contributed by atoms with Crippen LogP contribution in [0.1, 0.15) is 24.8 Å². The average molecular weight is 283 g/mol. The van der Waals surface area contributed by atoms with Crippen LogP contribution in [0.25, 0.3) is 0 Å². The lowest BCUT2D eigenvalue weighted by atomic mass is 9.99. The lowest BCUT2D eigenvalue weighted by Crippen LogP contribution is -2.21. The molecule has 1 atom stereocenters. The van der Waals surface area contributed by atoms with E-state index in [-0.39, 0.29) is 0 Å². The largest absolute Gasteiger partial charge is 0.370 e. The summed E-state index contributed by atoms with van der Waals surface area (Å²) in [5.41, 5.74) is 7.21. The normalized spacial score (nSPS) is 18.0. The SMILES string of the molecule is CCNc1cc(N2CCC(c3ccccc3)C2)nc(N)n1. The van der Waals surface area contributed by atoms with Crippen molar-refractivity contribution >= 4 is 17.6 Å². The summed E-state index contributed by atoms with van der Waals surface area (Å²) in [6.45, 7) is 4.84. The molecule has 1 aromatic heterocycles. The van der Waals surface area contributed by atoms with E-state index in [1.807, 2.05) is 13.0 Å². The molecule has 5 nitrogen and oxygen atoms in total. The Morgan fingerprint density at radius 2 is 2.10 bits per heavy atom. The molecule has 0 saturated carbocycles. The third kappa shape index (κ3) is 3.07. The van der Waals surface area contributed by atoms with Gasteiger partial charge >= 0.3 is 0 Å². The van der Waals surface area contributed by atoms with Crippen molar-refractivity contribution in [3.05, 3.63) is 42.0 Å². The third-order valence-electron chi connectivity index (χ3n) is 3.87. The number of nitrogen functional groups attached to an aromatic ring is 1. The monoisotopic (exact) mass is 283 g/mol. The minimum atomic E-state index is 0.326. The molecule has 2 aromatic rings. The van der Waals surface area contributed by atoms with Crippen LogP contribution >= 0.6 is 0 Å². The second-order valence-electron chi connectivity index (χ2n) is 5.34. The van der Waals surface area contributed by atoms with Crippen LogP contribution in [0.2, 0.25) is 0 Å². The van der Waals surface area contributed by atoms with Gasteiger partial charge in [0.1, 0.15) is 11.6 Å². The summed E-state index contributed by atoms with van der Waals surface area (Å²) in [6, 6.07) is 12.6. The molecule has 0 bridgehead atoms. The second kappa shape index (κ2) is 5.99. The molecule has 0 aliphatic carbocycles. The maximum absolute atomic E-state index is 5.81. The highest BCUT2D eigenvalue weighted by molar-refractivity contribution is 5.53. The van der Waals surface area contributed by atoms with E-state index < -0.39 is 0 Å². The van der Waals surface area contributed by atoms with Crippen LogP contribution in [0.15, 0.2) is 36.4 Å². The fraction of sp³-hybridized carbons (Fsp3) is 0.375. The van der Waals surface area contributed by atoms with E-state index in [0.29, 0.717) is 11.9 Å². The van der Waals surface area contributed by atoms with E-state index in [2.05, 4.69) is 50.5 Å². The molecule has 3 rings (SSSR count). The molecular weight excluding hydrogens is 262 g/mol. The number of benzene rings is 1. The molecule has 5 heteroatoms. The molecule has 0 spiro atoms. The van der Waals surface area contributed by atoms with Crippen LogP contribution in [0.4, 0.5) is 17.6 Å². The summed E-state index contributed by atoms with van der Waals surface area (Å²) in [4.78, 5) is 10.9. The zero-order valence-electron chi connectivity index (χ0n) is 12.3. The first-order chi connectivity index (χ1) is 10.3. The molecule has 2 heterocycles. The van der Waals surface area contributed by atoms with Crippen molar-refractivity contribution in [3.63, 3.8) is 0 Å². The molecule has 21 heavy (non-hydrogen) atoms. The van der Waals surface area contributed by atoms with E-state index in [1.165, 1.54) is 5.56 Å². The summed E-state index contributed by atoms with van der Waals surface area (Å²) < 4.78 is 0. The molecule has 110 valence electrons. The Morgan fingerprint density at radius 1 is 1.29 bits per heavy atom. The average Bonchev–Trinajstić information content (AvgIpc) is 2.98. The Morgan fingerprint density at radius 3 is 2.86 bits per heavy atom. The van der Waals surface area contributed by atoms with E-state index in [4.69, 9.17) is 5.73 Å². The first-order valence-corrected chi connectivity index (χ1v) is 7.44. The highest BCUT2D eigenvalue weighted by Gasteiger charge is 2.25. The van der Waals surface area contributed by atoms with E-state index in [1.54, 1.807) is 0 Å². The van der Waals surface area contributed by atoms with Gasteiger partial charge in [0.15, 0.2) is 0 Å². The molecular formula is C16H21N5. The van der Waals surface area contributed by atoms with Crippen LogP contribution in [-0.4, -0.2) is 29.6 Å². The number of hydrogen-bond acceptors (Lipinski definition) is 5. The van der Waals surface area contributed by atoms with Gasteiger partial charge in [-0.15, -0.1) is 0 Å². The topological polar surface area (TPSA) is 67.1 Å². The lowest BCUT2D eigenvalue weighted by molar-refractivity contribution is 0.774. The number of nitrogens with one attached hydrogen (secondary N) is 1. The molecule has 1 unspecified atom stereocenters. The maximum atomic E-state index is 5.81. The van der Waals surface area contributed by atoms with Crippen molar-refractivity contribution in [2.45, 2.75) is 19.3 Å². The maximum Gasteiger partial charge on any atom is 0.223 e. The molecule has 0 amide bonds. The van der Waals surface area contributed by atoms with E-state index in [9.17, 15) is 0 Å². The first kappa shape index (κ1) is 13.7. The Kier molecular flexibility index (Phi) is 3.90. The number of anilines is 3. The predicted molar refractivity (Wildman–Crippen MR) is 86.6 cm³/mol. The van der Waals surface area contributed by atoms with Gasteiger partial charge in [0.05, 0.1) is 0 Å². The minimum Gasteiger partial charge on any atom is -0.370 e. The summed E-state index contributed by atoms with van der Waals surface area (Å²) in [5.74, 6) is 2.59. The van der Waals surface area contributed by atoms with Gasteiger partial charge in [0, 0.05) is 31.6 Å². The quantitative estimate of drug-likeness (QED) is 0.902. The standard InChI is InChI=1S/C16H21N5/c1-2-18-14-10-15(20-16(17)19-14)21-9-8-13(11-21)12-6-4-3-5-7-12/h3-7,10,13H,2,8-9,11H2,1H3,(H3,17,18,19,20). The van der Waals surface area contributed by atoms with Gasteiger partial charge in [-0.2, -0.15) is 9.97 Å². The van der Waals surface area contributed by atoms with Crippen molar-refractivity contribution < 1.29 is 0 Å². The first-order valence-electron chi connectivity index (χ1n) is 7.44. The highest BCUT2D eigenvalue weighted by Crippen LogP contribution is 2.30. The highest BCUT2D eigenvalue weighted by atomic mass is 15.2. The van der Waals surface area contributed by atoms with E-state index >= 15 is 0 Å². The summed E-state index contributed by atoms with van der Waals surface area (Å²) in [6.07, 6.45) is 1.14. The molecule has 1 saturated heterocycles. The van der Waals surface area contributed by atoms with Crippen LogP contribution in [0.3, 0.4) is 0 Å². The Balaban J connectivity index is 1.77. The van der Waals surface area contributed by atoms with Crippen molar-refractivity contribution in [1.29, 1.82) is 0 Å². The summed E-state index contributed by atoms with van der Waals surface area (Å²) in [7, 11) is 0. The molecule has 1 aromatic carbocycles. The number of aromatic nitrogens is 2. The van der Waals surface area contributed by atoms with Gasteiger partial charge in [0.25, 0.3) is 0 Å². The third-order valence-corrected chi connectivity index (χ3v) is 3.87. The van der Waals surface area contributed by atoms with Gasteiger partial charge in [0.2, 0.25) is 5.95 Å². The lowest BCUT2D eigenvalue weighted by Gasteiger charge is -2.18. The smallest absolute Gasteiger partial charge is 0.223 e. The zero-order valence-corrected chi connectivity index (χ0v) is 12.3. The number of hydrogen-bond donors (Lipinski definition) is 2. The zero-order chi connectivity index (χ0) is 14.7. The van der Waals surface area contributed by atoms with Gasteiger partial charge in [-0.05, 0) is 18.9 Å². The van der Waals surface area contributed by atoms with Gasteiger partial charge in [-0.1, -0.05) is 30.3 Å². The molecule has 1 aliphatic rings. The Bertz CT molecular complexity index is 599. The van der Waals surface area contributed by atoms with Crippen LogP contribution in [-0.2, 0) is 0 Å². The summed E-state index contributed by atoms with van der Waals surface area (Å²) in [5, 5.41) is 3.20. The number of rotatable bonds is 4. The van der Waals surface area contributed by atoms with Crippen molar-refractivity contribution in [1.82, 2.24) is 9.97 Å². The molecule has 0 radical (unpaired) electrons. The van der Waals surface area contributed by atoms with Crippen LogP contribution in [0, 0.1) is 0 Å². The minimum absolute atomic E-state index is 0.326.